The highest BCUT2D eigenvalue weighted by Gasteiger charge is 2.21. The van der Waals surface area contributed by atoms with Crippen LogP contribution in [0.1, 0.15) is 35.9 Å². The summed E-state index contributed by atoms with van der Waals surface area (Å²) in [5.41, 5.74) is 0.557. The number of carbonyl (C=O) groups excluding carboxylic acids is 1. The van der Waals surface area contributed by atoms with Crippen LogP contribution >= 0.6 is 0 Å². The van der Waals surface area contributed by atoms with Gasteiger partial charge in [-0.3, -0.25) is 19.1 Å². The monoisotopic (exact) mass is 611 g/mol. The van der Waals surface area contributed by atoms with Crippen LogP contribution in [-0.4, -0.2) is 42.9 Å². The molecule has 2 aromatic carbocycles. The Hall–Kier alpha value is -5.85. The number of imidazole rings is 1. The van der Waals surface area contributed by atoms with E-state index in [0.717, 1.165) is 22.3 Å². The van der Waals surface area contributed by atoms with Gasteiger partial charge < -0.3 is 24.8 Å². The van der Waals surface area contributed by atoms with Crippen LogP contribution in [0.5, 0.6) is 17.2 Å². The molecule has 5 rings (SSSR count). The summed E-state index contributed by atoms with van der Waals surface area (Å²) in [6.45, 7) is 3.47. The zero-order valence-corrected chi connectivity index (χ0v) is 24.9. The third-order valence-electron chi connectivity index (χ3n) is 6.87. The van der Waals surface area contributed by atoms with Crippen molar-refractivity contribution in [1.29, 1.82) is 5.41 Å². The summed E-state index contributed by atoms with van der Waals surface area (Å²) >= 11 is 0. The van der Waals surface area contributed by atoms with Gasteiger partial charge in [0, 0.05) is 61.6 Å². The lowest BCUT2D eigenvalue weighted by atomic mass is 10.1. The molecule has 0 radical (unpaired) electrons. The van der Waals surface area contributed by atoms with E-state index < -0.39 is 23.0 Å². The zero-order chi connectivity index (χ0) is 32.2. The van der Waals surface area contributed by atoms with Crippen molar-refractivity contribution in [3.05, 3.63) is 111 Å². The highest BCUT2D eigenvalue weighted by atomic mass is 19.1. The van der Waals surface area contributed by atoms with E-state index >= 15 is 0 Å². The Bertz CT molecular complexity index is 2010. The van der Waals surface area contributed by atoms with Crippen LogP contribution in [0.2, 0.25) is 0 Å². The van der Waals surface area contributed by atoms with Gasteiger partial charge in [0.25, 0.3) is 11.5 Å². The third-order valence-corrected chi connectivity index (χ3v) is 6.87. The Balaban J connectivity index is 1.47. The molecule has 0 bridgehead atoms. The number of hydrogen-bond acceptors (Lipinski definition) is 8. The smallest absolute Gasteiger partial charge is 0.335 e. The second-order valence-corrected chi connectivity index (χ2v) is 10.4. The van der Waals surface area contributed by atoms with E-state index in [2.05, 4.69) is 15.3 Å². The minimum absolute atomic E-state index is 0.127. The van der Waals surface area contributed by atoms with Gasteiger partial charge in [-0.25, -0.2) is 18.7 Å². The van der Waals surface area contributed by atoms with Gasteiger partial charge >= 0.3 is 5.69 Å². The van der Waals surface area contributed by atoms with Crippen LogP contribution in [0.15, 0.2) is 83.0 Å². The largest absolute Gasteiger partial charge is 0.493 e. The Kier molecular flexibility index (Phi) is 8.70. The number of amides is 1. The van der Waals surface area contributed by atoms with E-state index in [1.165, 1.54) is 42.3 Å². The van der Waals surface area contributed by atoms with E-state index in [4.69, 9.17) is 14.9 Å². The third kappa shape index (κ3) is 6.42. The molecule has 2 N–H and O–H groups in total. The molecule has 0 unspecified atom stereocenters. The molecule has 0 saturated heterocycles. The Morgan fingerprint density at radius 2 is 1.80 bits per heavy atom. The topological polar surface area (TPSA) is 146 Å². The van der Waals surface area contributed by atoms with Crippen LogP contribution in [0.4, 0.5) is 10.1 Å². The van der Waals surface area contributed by atoms with Crippen molar-refractivity contribution in [2.75, 3.05) is 12.4 Å². The second-order valence-electron chi connectivity index (χ2n) is 10.4. The van der Waals surface area contributed by atoms with Crippen LogP contribution in [0.3, 0.4) is 0 Å². The number of benzene rings is 2. The number of aromatic nitrogens is 5. The molecule has 13 heteroatoms. The summed E-state index contributed by atoms with van der Waals surface area (Å²) < 4.78 is 29.2. The Labute approximate surface area is 256 Å². The molecule has 0 spiro atoms. The predicted molar refractivity (Wildman–Crippen MR) is 167 cm³/mol. The molecule has 0 saturated carbocycles. The fourth-order valence-corrected chi connectivity index (χ4v) is 4.58. The fraction of sp³-hybridized carbons (Fsp3) is 0.188. The molecule has 1 amide bonds. The van der Waals surface area contributed by atoms with Crippen molar-refractivity contribution in [1.82, 2.24) is 23.7 Å². The quantitative estimate of drug-likeness (QED) is 0.217. The summed E-state index contributed by atoms with van der Waals surface area (Å²) in [5.74, 6) is -0.314. The molecule has 45 heavy (non-hydrogen) atoms. The molecule has 5 aromatic rings. The Morgan fingerprint density at radius 1 is 1.04 bits per heavy atom. The molecule has 0 aliphatic carbocycles. The van der Waals surface area contributed by atoms with Crippen molar-refractivity contribution in [2.24, 2.45) is 7.05 Å². The number of carbonyl (C=O) groups is 1. The van der Waals surface area contributed by atoms with Gasteiger partial charge in [0.15, 0.2) is 11.5 Å². The van der Waals surface area contributed by atoms with Crippen molar-refractivity contribution in [3.63, 3.8) is 0 Å². The van der Waals surface area contributed by atoms with Gasteiger partial charge in [-0.05, 0) is 56.3 Å². The molecular weight excluding hydrogens is 581 g/mol. The van der Waals surface area contributed by atoms with Gasteiger partial charge in [-0.15, -0.1) is 0 Å². The van der Waals surface area contributed by atoms with Gasteiger partial charge in [0.2, 0.25) is 0 Å². The van der Waals surface area contributed by atoms with E-state index in [9.17, 15) is 18.8 Å². The minimum Gasteiger partial charge on any atom is -0.493 e. The van der Waals surface area contributed by atoms with Crippen molar-refractivity contribution in [2.45, 2.75) is 26.3 Å². The summed E-state index contributed by atoms with van der Waals surface area (Å²) in [7, 11) is 3.30. The predicted octanol–water partition coefficient (Wildman–Crippen LogP) is 4.76. The summed E-state index contributed by atoms with van der Waals surface area (Å²) in [6.07, 6.45) is 7.85. The highest BCUT2D eigenvalue weighted by Crippen LogP contribution is 2.36. The number of ether oxygens (including phenoxy) is 2. The van der Waals surface area contributed by atoms with E-state index in [0.29, 0.717) is 28.6 Å². The lowest BCUT2D eigenvalue weighted by Crippen LogP contribution is -2.42. The number of aryl methyl sites for hydroxylation is 1. The van der Waals surface area contributed by atoms with Crippen LogP contribution < -0.4 is 26.0 Å². The van der Waals surface area contributed by atoms with Crippen molar-refractivity contribution in [3.8, 4) is 34.2 Å². The number of rotatable bonds is 10. The van der Waals surface area contributed by atoms with Gasteiger partial charge in [0.05, 0.1) is 30.5 Å². The fourth-order valence-electron chi connectivity index (χ4n) is 4.58. The minimum atomic E-state index is -0.855. The molecule has 12 nitrogen and oxygen atoms in total. The number of nitrogens with one attached hydrogen (secondary N) is 2. The van der Waals surface area contributed by atoms with E-state index in [1.807, 2.05) is 17.8 Å². The molecule has 0 aliphatic heterocycles. The maximum atomic E-state index is 13.5. The summed E-state index contributed by atoms with van der Waals surface area (Å²) in [5, 5.41) is 10.2. The number of hydrogen-bond donors (Lipinski definition) is 2. The SMILES string of the molecule is COc1cc(NC(=O)c2cn(C(C)C)c(=O)n(-c3ccc(F)cc3)c2=O)ccc1Oc1cc(-c2cn(C)cn2)cnc1CC=N. The van der Waals surface area contributed by atoms with Crippen molar-refractivity contribution < 1.29 is 18.7 Å². The lowest BCUT2D eigenvalue weighted by molar-refractivity contribution is 0.102. The number of nitrogens with zero attached hydrogens (tertiary/aromatic N) is 5. The maximum Gasteiger partial charge on any atom is 0.335 e. The number of pyridine rings is 1. The lowest BCUT2D eigenvalue weighted by Gasteiger charge is -2.16. The van der Waals surface area contributed by atoms with E-state index in [-0.39, 0.29) is 29.5 Å². The molecule has 3 heterocycles. The van der Waals surface area contributed by atoms with Gasteiger partial charge in [-0.2, -0.15) is 0 Å². The first-order valence-corrected chi connectivity index (χ1v) is 13.9. The first-order valence-electron chi connectivity index (χ1n) is 13.9. The van der Waals surface area contributed by atoms with Crippen molar-refractivity contribution >= 4 is 17.8 Å². The van der Waals surface area contributed by atoms with Crippen LogP contribution in [0, 0.1) is 11.2 Å². The summed E-state index contributed by atoms with van der Waals surface area (Å²) in [4.78, 5) is 48.8. The molecule has 0 fully saturated rings. The molecular formula is C32H30FN7O5. The van der Waals surface area contributed by atoms with E-state index in [1.54, 1.807) is 44.6 Å². The Morgan fingerprint density at radius 3 is 2.44 bits per heavy atom. The normalized spacial score (nSPS) is 11.0. The molecule has 0 atom stereocenters. The average Bonchev–Trinajstić information content (AvgIpc) is 3.45. The number of halogens is 1. The van der Waals surface area contributed by atoms with Crippen LogP contribution in [0.25, 0.3) is 16.9 Å². The molecule has 0 aliphatic rings. The summed E-state index contributed by atoms with van der Waals surface area (Å²) in [6, 6.07) is 10.9. The molecule has 3 aromatic heterocycles. The molecule has 230 valence electrons. The van der Waals surface area contributed by atoms with Gasteiger partial charge in [0.1, 0.15) is 17.1 Å². The second kappa shape index (κ2) is 12.8. The number of methoxy groups -OCH3 is 1. The zero-order valence-electron chi connectivity index (χ0n) is 24.9. The first-order chi connectivity index (χ1) is 21.6. The first kappa shape index (κ1) is 30.6. The van der Waals surface area contributed by atoms with Gasteiger partial charge in [-0.1, -0.05) is 0 Å². The number of anilines is 1. The van der Waals surface area contributed by atoms with Crippen LogP contribution in [-0.2, 0) is 13.5 Å². The highest BCUT2D eigenvalue weighted by molar-refractivity contribution is 6.04. The standard InChI is InChI=1S/C32H30FN7O5/c1-19(2)39-16-24(31(42)40(32(39)43)23-8-5-21(33)6-9-23)30(41)37-22-7-10-27(29(14-22)44-4)45-28-13-20(15-35-25(28)11-12-34)26-17-38(3)18-36-26/h5-10,12-19,34H,11H2,1-4H3,(H,37,41). The average molecular weight is 612 g/mol. The maximum absolute atomic E-state index is 13.5.